The lowest BCUT2D eigenvalue weighted by Gasteiger charge is -2.08. The average Bonchev–Trinajstić information content (AvgIpc) is 2.80. The van der Waals surface area contributed by atoms with E-state index in [2.05, 4.69) is 10.3 Å². The van der Waals surface area contributed by atoms with Crippen molar-refractivity contribution in [3.63, 3.8) is 0 Å². The molecule has 1 amide bonds. The van der Waals surface area contributed by atoms with Crippen LogP contribution in [0.1, 0.15) is 18.2 Å². The largest absolute Gasteiger partial charge is 0.480 e. The first kappa shape index (κ1) is 15.4. The van der Waals surface area contributed by atoms with Gasteiger partial charge in [0.25, 0.3) is 0 Å². The van der Waals surface area contributed by atoms with Crippen LogP contribution in [0.2, 0.25) is 0 Å². The third-order valence-corrected chi connectivity index (χ3v) is 3.85. The highest BCUT2D eigenvalue weighted by atomic mass is 32.2. The molecule has 0 unspecified atom stereocenters. The van der Waals surface area contributed by atoms with E-state index in [0.717, 1.165) is 16.9 Å². The molecule has 112 valence electrons. The lowest BCUT2D eigenvalue weighted by Crippen LogP contribution is -2.39. The standard InChI is InChI=1S/C14H17N3O3S/c1-9-3-4-12-16-11(6-17(12)5-9)7-21-8-13(18)15-10(2)14(19)20/h3-6,10H,7-8H2,1-2H3,(H,15,18)(H,19,20)/t10-/m0/s1. The lowest BCUT2D eigenvalue weighted by atomic mass is 10.3. The van der Waals surface area contributed by atoms with Crippen LogP contribution in [-0.4, -0.2) is 38.2 Å². The highest BCUT2D eigenvalue weighted by Gasteiger charge is 2.13. The number of thioether (sulfide) groups is 1. The molecule has 0 radical (unpaired) electrons. The number of carbonyl (C=O) groups is 2. The van der Waals surface area contributed by atoms with Crippen LogP contribution in [0.4, 0.5) is 0 Å². The number of nitrogens with zero attached hydrogens (tertiary/aromatic N) is 2. The van der Waals surface area contributed by atoms with Gasteiger partial charge < -0.3 is 14.8 Å². The average molecular weight is 307 g/mol. The first-order chi connectivity index (χ1) is 9.95. The summed E-state index contributed by atoms with van der Waals surface area (Å²) in [5.74, 6) is -0.501. The van der Waals surface area contributed by atoms with Gasteiger partial charge in [-0.25, -0.2) is 4.98 Å². The number of rotatable bonds is 6. The Bertz CT molecular complexity index is 669. The molecule has 2 aromatic rings. The quantitative estimate of drug-likeness (QED) is 0.844. The van der Waals surface area contributed by atoms with Crippen molar-refractivity contribution in [3.8, 4) is 0 Å². The van der Waals surface area contributed by atoms with Crippen molar-refractivity contribution >= 4 is 29.3 Å². The normalized spacial score (nSPS) is 12.3. The number of imidazole rings is 1. The Labute approximate surface area is 126 Å². The van der Waals surface area contributed by atoms with Gasteiger partial charge in [-0.3, -0.25) is 9.59 Å². The minimum Gasteiger partial charge on any atom is -0.480 e. The molecule has 21 heavy (non-hydrogen) atoms. The Kier molecular flexibility index (Phi) is 4.85. The highest BCUT2D eigenvalue weighted by Crippen LogP contribution is 2.13. The molecule has 0 aliphatic rings. The summed E-state index contributed by atoms with van der Waals surface area (Å²) in [6, 6.07) is 3.08. The van der Waals surface area contributed by atoms with Crippen molar-refractivity contribution in [1.29, 1.82) is 0 Å². The predicted octanol–water partition coefficient (Wildman–Crippen LogP) is 1.47. The number of hydrogen-bond acceptors (Lipinski definition) is 4. The zero-order chi connectivity index (χ0) is 15.4. The molecule has 7 heteroatoms. The number of pyridine rings is 1. The summed E-state index contributed by atoms with van der Waals surface area (Å²) in [6.45, 7) is 3.46. The van der Waals surface area contributed by atoms with E-state index in [1.807, 2.05) is 35.9 Å². The van der Waals surface area contributed by atoms with E-state index in [-0.39, 0.29) is 11.7 Å². The van der Waals surface area contributed by atoms with E-state index in [1.54, 1.807) is 0 Å². The second-order valence-electron chi connectivity index (χ2n) is 4.82. The number of carboxylic acids is 1. The Morgan fingerprint density at radius 3 is 2.90 bits per heavy atom. The van der Waals surface area contributed by atoms with Crippen LogP contribution >= 0.6 is 11.8 Å². The summed E-state index contributed by atoms with van der Waals surface area (Å²) in [6.07, 6.45) is 3.94. The van der Waals surface area contributed by atoms with Gasteiger partial charge in [0.15, 0.2) is 0 Å². The van der Waals surface area contributed by atoms with E-state index >= 15 is 0 Å². The van der Waals surface area contributed by atoms with Crippen LogP contribution in [0.5, 0.6) is 0 Å². The summed E-state index contributed by atoms with van der Waals surface area (Å²) < 4.78 is 1.96. The number of aryl methyl sites for hydroxylation is 1. The molecule has 2 heterocycles. The van der Waals surface area contributed by atoms with Crippen molar-refractivity contribution in [1.82, 2.24) is 14.7 Å². The smallest absolute Gasteiger partial charge is 0.325 e. The summed E-state index contributed by atoms with van der Waals surface area (Å²) in [5, 5.41) is 11.1. The van der Waals surface area contributed by atoms with Gasteiger partial charge in [0, 0.05) is 18.1 Å². The van der Waals surface area contributed by atoms with E-state index in [0.29, 0.717) is 5.75 Å². The van der Waals surface area contributed by atoms with Crippen LogP contribution in [-0.2, 0) is 15.3 Å². The van der Waals surface area contributed by atoms with Gasteiger partial charge >= 0.3 is 5.97 Å². The monoisotopic (exact) mass is 307 g/mol. The van der Waals surface area contributed by atoms with Gasteiger partial charge in [-0.1, -0.05) is 6.07 Å². The molecule has 0 aliphatic carbocycles. The van der Waals surface area contributed by atoms with Crippen LogP contribution in [0.25, 0.3) is 5.65 Å². The molecule has 0 saturated carbocycles. The van der Waals surface area contributed by atoms with Crippen molar-refractivity contribution in [2.75, 3.05) is 5.75 Å². The number of carboxylic acid groups (broad SMARTS) is 1. The zero-order valence-electron chi connectivity index (χ0n) is 11.9. The number of carbonyl (C=O) groups excluding carboxylic acids is 1. The molecule has 1 atom stereocenters. The molecule has 0 aromatic carbocycles. The molecule has 0 fully saturated rings. The summed E-state index contributed by atoms with van der Waals surface area (Å²) in [4.78, 5) is 26.6. The van der Waals surface area contributed by atoms with Crippen molar-refractivity contribution in [2.45, 2.75) is 25.6 Å². The van der Waals surface area contributed by atoms with Gasteiger partial charge in [0.2, 0.25) is 5.91 Å². The van der Waals surface area contributed by atoms with Crippen LogP contribution < -0.4 is 5.32 Å². The molecule has 2 rings (SSSR count). The van der Waals surface area contributed by atoms with Crippen LogP contribution in [0.3, 0.4) is 0 Å². The molecular formula is C14H17N3O3S. The Morgan fingerprint density at radius 1 is 1.43 bits per heavy atom. The van der Waals surface area contributed by atoms with Crippen molar-refractivity contribution in [3.05, 3.63) is 35.8 Å². The van der Waals surface area contributed by atoms with Crippen LogP contribution in [0, 0.1) is 6.92 Å². The number of amides is 1. The van der Waals surface area contributed by atoms with Gasteiger partial charge in [0.1, 0.15) is 11.7 Å². The number of aromatic nitrogens is 2. The molecule has 0 aliphatic heterocycles. The van der Waals surface area contributed by atoms with Gasteiger partial charge in [-0.2, -0.15) is 0 Å². The highest BCUT2D eigenvalue weighted by molar-refractivity contribution is 7.99. The van der Waals surface area contributed by atoms with E-state index in [9.17, 15) is 9.59 Å². The van der Waals surface area contributed by atoms with Crippen molar-refractivity contribution < 1.29 is 14.7 Å². The maximum atomic E-state index is 11.5. The fourth-order valence-corrected chi connectivity index (χ4v) is 2.54. The topological polar surface area (TPSA) is 83.7 Å². The molecule has 2 N–H and O–H groups in total. The molecule has 0 spiro atoms. The zero-order valence-corrected chi connectivity index (χ0v) is 12.7. The van der Waals surface area contributed by atoms with E-state index < -0.39 is 12.0 Å². The molecule has 0 saturated heterocycles. The third kappa shape index (κ3) is 4.22. The van der Waals surface area contributed by atoms with E-state index in [1.165, 1.54) is 18.7 Å². The Hall–Kier alpha value is -2.02. The second-order valence-corrected chi connectivity index (χ2v) is 5.81. The number of fused-ring (bicyclic) bond motifs is 1. The third-order valence-electron chi connectivity index (χ3n) is 2.88. The minimum absolute atomic E-state index is 0.213. The number of hydrogen-bond donors (Lipinski definition) is 2. The maximum absolute atomic E-state index is 11.5. The van der Waals surface area contributed by atoms with Crippen LogP contribution in [0.15, 0.2) is 24.5 Å². The number of nitrogens with one attached hydrogen (secondary N) is 1. The van der Waals surface area contributed by atoms with Gasteiger partial charge in [-0.05, 0) is 25.5 Å². The fourth-order valence-electron chi connectivity index (χ4n) is 1.82. The van der Waals surface area contributed by atoms with Gasteiger partial charge in [0.05, 0.1) is 11.4 Å². The van der Waals surface area contributed by atoms with Gasteiger partial charge in [-0.15, -0.1) is 11.8 Å². The molecule has 2 aromatic heterocycles. The Morgan fingerprint density at radius 2 is 2.19 bits per heavy atom. The predicted molar refractivity (Wildman–Crippen MR) is 81.3 cm³/mol. The first-order valence-electron chi connectivity index (χ1n) is 6.50. The molecule has 0 bridgehead atoms. The number of aliphatic carboxylic acids is 1. The lowest BCUT2D eigenvalue weighted by molar-refractivity contribution is -0.140. The van der Waals surface area contributed by atoms with Crippen molar-refractivity contribution in [2.24, 2.45) is 0 Å². The van der Waals surface area contributed by atoms with E-state index in [4.69, 9.17) is 5.11 Å². The first-order valence-corrected chi connectivity index (χ1v) is 7.65. The summed E-state index contributed by atoms with van der Waals surface area (Å²) in [5.41, 5.74) is 2.92. The minimum atomic E-state index is -1.04. The second kappa shape index (κ2) is 6.62. The molecular weight excluding hydrogens is 290 g/mol. The molecule has 6 nitrogen and oxygen atoms in total. The SMILES string of the molecule is Cc1ccc2nc(CSCC(=O)N[C@@H](C)C(=O)O)cn2c1. The summed E-state index contributed by atoms with van der Waals surface area (Å²) in [7, 11) is 0. The summed E-state index contributed by atoms with van der Waals surface area (Å²) >= 11 is 1.41. The maximum Gasteiger partial charge on any atom is 0.325 e. The fraction of sp³-hybridized carbons (Fsp3) is 0.357. The Balaban J connectivity index is 1.84.